The van der Waals surface area contributed by atoms with Crippen molar-refractivity contribution in [1.82, 2.24) is 9.88 Å². The molecule has 2 aromatic rings. The van der Waals surface area contributed by atoms with Gasteiger partial charge in [0.05, 0.1) is 23.9 Å². The van der Waals surface area contributed by atoms with Gasteiger partial charge in [0.2, 0.25) is 0 Å². The summed E-state index contributed by atoms with van der Waals surface area (Å²) in [6.07, 6.45) is 3.45. The number of rotatable bonds is 3. The summed E-state index contributed by atoms with van der Waals surface area (Å²) in [7, 11) is 0. The van der Waals surface area contributed by atoms with E-state index in [0.717, 1.165) is 43.0 Å². The third-order valence-electron chi connectivity index (χ3n) is 4.82. The molecule has 0 aliphatic carbocycles. The molecular formula is C20H23ClN2O2. The Hall–Kier alpha value is -2.07. The highest BCUT2D eigenvalue weighted by molar-refractivity contribution is 5.96. The first-order valence-corrected chi connectivity index (χ1v) is 8.64. The maximum Gasteiger partial charge on any atom is 0.256 e. The third kappa shape index (κ3) is 3.23. The van der Waals surface area contributed by atoms with E-state index in [1.54, 1.807) is 6.20 Å². The first-order chi connectivity index (χ1) is 11.6. The van der Waals surface area contributed by atoms with Crippen LogP contribution in [0.5, 0.6) is 5.75 Å². The van der Waals surface area contributed by atoms with E-state index in [1.807, 2.05) is 23.1 Å². The molecule has 1 unspecified atom stereocenters. The van der Waals surface area contributed by atoms with Crippen molar-refractivity contribution < 1.29 is 9.53 Å². The summed E-state index contributed by atoms with van der Waals surface area (Å²) in [5.41, 5.74) is 4.21. The molecule has 3 heterocycles. The Morgan fingerprint density at radius 1 is 1.32 bits per heavy atom. The van der Waals surface area contributed by atoms with Gasteiger partial charge in [-0.2, -0.15) is 0 Å². The predicted molar refractivity (Wildman–Crippen MR) is 99.4 cm³/mol. The van der Waals surface area contributed by atoms with Gasteiger partial charge in [0.25, 0.3) is 5.91 Å². The van der Waals surface area contributed by atoms with E-state index in [2.05, 4.69) is 31.0 Å². The molecule has 4 rings (SSSR count). The number of halogens is 1. The third-order valence-corrected chi connectivity index (χ3v) is 4.82. The van der Waals surface area contributed by atoms with Crippen LogP contribution in [-0.4, -0.2) is 28.9 Å². The van der Waals surface area contributed by atoms with Crippen LogP contribution in [0.25, 0.3) is 0 Å². The number of carbonyl (C=O) groups excluding carboxylic acids is 1. The van der Waals surface area contributed by atoms with Crippen LogP contribution in [0.15, 0.2) is 36.5 Å². The van der Waals surface area contributed by atoms with Gasteiger partial charge in [-0.3, -0.25) is 9.78 Å². The topological polar surface area (TPSA) is 42.4 Å². The molecule has 0 saturated carbocycles. The summed E-state index contributed by atoms with van der Waals surface area (Å²) in [4.78, 5) is 19.2. The summed E-state index contributed by atoms with van der Waals surface area (Å²) >= 11 is 0. The van der Waals surface area contributed by atoms with Crippen LogP contribution in [0.1, 0.15) is 47.1 Å². The number of nitrogens with zero attached hydrogens (tertiary/aromatic N) is 2. The number of benzene rings is 1. The molecule has 1 aromatic heterocycles. The second kappa shape index (κ2) is 7.04. The van der Waals surface area contributed by atoms with E-state index in [1.165, 1.54) is 11.1 Å². The molecule has 4 nitrogen and oxygen atoms in total. The average molecular weight is 359 g/mol. The number of pyridine rings is 1. The maximum absolute atomic E-state index is 12.8. The van der Waals surface area contributed by atoms with Crippen molar-refractivity contribution in [1.29, 1.82) is 0 Å². The molecule has 0 saturated heterocycles. The van der Waals surface area contributed by atoms with Crippen molar-refractivity contribution in [2.24, 2.45) is 5.92 Å². The summed E-state index contributed by atoms with van der Waals surface area (Å²) in [6, 6.07) is 10.1. The van der Waals surface area contributed by atoms with Gasteiger partial charge in [-0.15, -0.1) is 12.4 Å². The molecule has 0 radical (unpaired) electrons. The van der Waals surface area contributed by atoms with Gasteiger partial charge < -0.3 is 9.64 Å². The van der Waals surface area contributed by atoms with Crippen molar-refractivity contribution in [3.63, 3.8) is 0 Å². The monoisotopic (exact) mass is 358 g/mol. The fourth-order valence-corrected chi connectivity index (χ4v) is 3.64. The molecule has 0 bridgehead atoms. The summed E-state index contributed by atoms with van der Waals surface area (Å²) < 4.78 is 5.85. The molecule has 1 atom stereocenters. The Kier molecular flexibility index (Phi) is 5.00. The zero-order valence-corrected chi connectivity index (χ0v) is 15.4. The first-order valence-electron chi connectivity index (χ1n) is 8.64. The van der Waals surface area contributed by atoms with Gasteiger partial charge in [-0.1, -0.05) is 19.9 Å². The lowest BCUT2D eigenvalue weighted by atomic mass is 9.85. The van der Waals surface area contributed by atoms with Crippen LogP contribution in [0.3, 0.4) is 0 Å². The summed E-state index contributed by atoms with van der Waals surface area (Å²) in [5.74, 6) is 1.55. The van der Waals surface area contributed by atoms with Gasteiger partial charge in [0.1, 0.15) is 5.75 Å². The fraction of sp³-hybridized carbons (Fsp3) is 0.400. The predicted octanol–water partition coefficient (Wildman–Crippen LogP) is 3.83. The van der Waals surface area contributed by atoms with E-state index in [0.29, 0.717) is 5.92 Å². The molecule has 2 aliphatic heterocycles. The fourth-order valence-electron chi connectivity index (χ4n) is 3.64. The molecule has 0 fully saturated rings. The molecule has 132 valence electrons. The number of amides is 1. The van der Waals surface area contributed by atoms with E-state index >= 15 is 0 Å². The maximum atomic E-state index is 12.8. The number of fused-ring (bicyclic) bond motifs is 4. The first kappa shape index (κ1) is 17.7. The average Bonchev–Trinajstić information content (AvgIpc) is 2.60. The minimum Gasteiger partial charge on any atom is -0.493 e. The van der Waals surface area contributed by atoms with Gasteiger partial charge in [0, 0.05) is 19.2 Å². The number of hydrogen-bond donors (Lipinski definition) is 0. The Morgan fingerprint density at radius 2 is 2.16 bits per heavy atom. The van der Waals surface area contributed by atoms with Crippen molar-refractivity contribution in [3.05, 3.63) is 58.9 Å². The highest BCUT2D eigenvalue weighted by Crippen LogP contribution is 2.38. The van der Waals surface area contributed by atoms with Crippen LogP contribution < -0.4 is 4.74 Å². The molecule has 2 aliphatic rings. The zero-order chi connectivity index (χ0) is 16.7. The molecule has 1 aromatic carbocycles. The summed E-state index contributed by atoms with van der Waals surface area (Å²) in [5, 5.41) is 0. The Bertz CT molecular complexity index is 791. The highest BCUT2D eigenvalue weighted by atomic mass is 35.5. The standard InChI is InChI=1S/C20H22N2O2.ClH/c1-13(2)12-24-15-5-6-16-14(10-15)7-9-22-19(16)11-18-17(20(22)23)4-3-8-21-18;/h3-6,8,10,13,19H,7,9,11-12H2,1-2H3;1H. The largest absolute Gasteiger partial charge is 0.493 e. The van der Waals surface area contributed by atoms with Gasteiger partial charge in [-0.05, 0) is 47.7 Å². The molecule has 5 heteroatoms. The minimum absolute atomic E-state index is 0. The van der Waals surface area contributed by atoms with Gasteiger partial charge in [0.15, 0.2) is 0 Å². The van der Waals surface area contributed by atoms with Crippen molar-refractivity contribution in [3.8, 4) is 5.75 Å². The van der Waals surface area contributed by atoms with Crippen LogP contribution in [0, 0.1) is 5.92 Å². The summed E-state index contributed by atoms with van der Waals surface area (Å²) in [6.45, 7) is 5.78. The van der Waals surface area contributed by atoms with Crippen LogP contribution in [0.4, 0.5) is 0 Å². The van der Waals surface area contributed by atoms with Crippen LogP contribution in [0.2, 0.25) is 0 Å². The van der Waals surface area contributed by atoms with Crippen molar-refractivity contribution in [2.45, 2.75) is 32.7 Å². The Labute approximate surface area is 154 Å². The van der Waals surface area contributed by atoms with Gasteiger partial charge in [-0.25, -0.2) is 0 Å². The minimum atomic E-state index is 0. The lowest BCUT2D eigenvalue weighted by Gasteiger charge is -2.40. The molecule has 0 spiro atoms. The van der Waals surface area contributed by atoms with Crippen LogP contribution >= 0.6 is 12.4 Å². The van der Waals surface area contributed by atoms with Crippen molar-refractivity contribution >= 4 is 18.3 Å². The molecule has 1 amide bonds. The normalized spacial score (nSPS) is 18.1. The van der Waals surface area contributed by atoms with Crippen LogP contribution in [-0.2, 0) is 12.8 Å². The second-order valence-corrected chi connectivity index (χ2v) is 7.03. The van der Waals surface area contributed by atoms with E-state index in [4.69, 9.17) is 4.74 Å². The smallest absolute Gasteiger partial charge is 0.256 e. The van der Waals surface area contributed by atoms with Crippen molar-refractivity contribution in [2.75, 3.05) is 13.2 Å². The molecular weight excluding hydrogens is 336 g/mol. The lowest BCUT2D eigenvalue weighted by molar-refractivity contribution is 0.0628. The van der Waals surface area contributed by atoms with E-state index in [9.17, 15) is 4.79 Å². The Morgan fingerprint density at radius 3 is 2.96 bits per heavy atom. The second-order valence-electron chi connectivity index (χ2n) is 7.03. The Balaban J connectivity index is 0.00000182. The quantitative estimate of drug-likeness (QED) is 0.837. The highest BCUT2D eigenvalue weighted by Gasteiger charge is 2.37. The lowest BCUT2D eigenvalue weighted by Crippen LogP contribution is -2.44. The zero-order valence-electron chi connectivity index (χ0n) is 14.6. The van der Waals surface area contributed by atoms with Gasteiger partial charge >= 0.3 is 0 Å². The molecule has 0 N–H and O–H groups in total. The number of aromatic nitrogens is 1. The number of carbonyl (C=O) groups is 1. The van der Waals surface area contributed by atoms with E-state index in [-0.39, 0.29) is 24.4 Å². The van der Waals surface area contributed by atoms with E-state index < -0.39 is 0 Å². The number of ether oxygens (including phenoxy) is 1. The molecule has 25 heavy (non-hydrogen) atoms. The SMILES string of the molecule is CC(C)COc1ccc2c(c1)CCN1C(=O)c3cccnc3CC21.Cl. The number of hydrogen-bond acceptors (Lipinski definition) is 3.